The SMILES string of the molecule is Cn1c(=O)c2c(ncn2CC(=O)N2CCc3nc4ncccc4cc3C2)n(C)c1=O. The minimum Gasteiger partial charge on any atom is -0.336 e. The van der Waals surface area contributed by atoms with Crippen LogP contribution in [0.5, 0.6) is 0 Å². The summed E-state index contributed by atoms with van der Waals surface area (Å²) in [7, 11) is 2.97. The zero-order valence-electron chi connectivity index (χ0n) is 16.6. The molecule has 0 saturated carbocycles. The highest BCUT2D eigenvalue weighted by atomic mass is 16.2. The normalized spacial score (nSPS) is 13.7. The Balaban J connectivity index is 1.45. The van der Waals surface area contributed by atoms with Crippen molar-refractivity contribution in [3.63, 3.8) is 0 Å². The van der Waals surface area contributed by atoms with Gasteiger partial charge in [-0.15, -0.1) is 0 Å². The lowest BCUT2D eigenvalue weighted by atomic mass is 10.0. The Hall–Kier alpha value is -3.82. The third-order valence-corrected chi connectivity index (χ3v) is 5.61. The molecule has 0 aromatic carbocycles. The summed E-state index contributed by atoms with van der Waals surface area (Å²) in [6.45, 7) is 0.970. The topological polar surface area (TPSA) is 108 Å². The molecule has 1 aliphatic rings. The van der Waals surface area contributed by atoms with E-state index < -0.39 is 11.2 Å². The minimum absolute atomic E-state index is 0.0259. The van der Waals surface area contributed by atoms with Crippen LogP contribution < -0.4 is 11.2 Å². The maximum Gasteiger partial charge on any atom is 0.332 e. The van der Waals surface area contributed by atoms with Gasteiger partial charge in [-0.25, -0.2) is 19.7 Å². The molecule has 0 saturated heterocycles. The maximum atomic E-state index is 13.0. The van der Waals surface area contributed by atoms with Crippen molar-refractivity contribution in [2.75, 3.05) is 6.54 Å². The number of fused-ring (bicyclic) bond motifs is 3. The van der Waals surface area contributed by atoms with Gasteiger partial charge in [-0.05, 0) is 23.8 Å². The second-order valence-corrected chi connectivity index (χ2v) is 7.46. The Bertz CT molecular complexity index is 1450. The lowest BCUT2D eigenvalue weighted by molar-refractivity contribution is -0.132. The fraction of sp³-hybridized carbons (Fsp3) is 0.300. The highest BCUT2D eigenvalue weighted by molar-refractivity contribution is 5.80. The van der Waals surface area contributed by atoms with Crippen molar-refractivity contribution in [3.8, 4) is 0 Å². The zero-order chi connectivity index (χ0) is 21.0. The maximum absolute atomic E-state index is 13.0. The van der Waals surface area contributed by atoms with Crippen LogP contribution in [-0.2, 0) is 38.4 Å². The molecule has 4 aromatic rings. The molecule has 0 radical (unpaired) electrons. The molecule has 5 rings (SSSR count). The average molecular weight is 405 g/mol. The van der Waals surface area contributed by atoms with Crippen molar-refractivity contribution in [2.24, 2.45) is 14.1 Å². The number of amides is 1. The summed E-state index contributed by atoms with van der Waals surface area (Å²) in [6.07, 6.45) is 3.80. The van der Waals surface area contributed by atoms with Crippen molar-refractivity contribution < 1.29 is 4.79 Å². The van der Waals surface area contributed by atoms with E-state index >= 15 is 0 Å². The van der Waals surface area contributed by atoms with Gasteiger partial charge < -0.3 is 9.47 Å². The van der Waals surface area contributed by atoms with E-state index in [9.17, 15) is 14.4 Å². The first kappa shape index (κ1) is 18.2. The van der Waals surface area contributed by atoms with Gasteiger partial charge in [0.25, 0.3) is 5.56 Å². The molecular formula is C20H19N7O3. The first-order valence-electron chi connectivity index (χ1n) is 9.56. The van der Waals surface area contributed by atoms with Crippen molar-refractivity contribution in [1.82, 2.24) is 33.6 Å². The average Bonchev–Trinajstić information content (AvgIpc) is 3.18. The van der Waals surface area contributed by atoms with Gasteiger partial charge in [0.05, 0.1) is 6.33 Å². The number of aryl methyl sites for hydroxylation is 1. The van der Waals surface area contributed by atoms with Crippen LogP contribution in [0.3, 0.4) is 0 Å². The van der Waals surface area contributed by atoms with Gasteiger partial charge in [-0.1, -0.05) is 0 Å². The number of pyridine rings is 2. The van der Waals surface area contributed by atoms with Gasteiger partial charge in [0.15, 0.2) is 16.8 Å². The van der Waals surface area contributed by atoms with Crippen molar-refractivity contribution >= 4 is 28.1 Å². The second kappa shape index (κ2) is 6.61. The number of imidazole rings is 1. The van der Waals surface area contributed by atoms with E-state index in [1.807, 2.05) is 18.2 Å². The van der Waals surface area contributed by atoms with Gasteiger partial charge >= 0.3 is 5.69 Å². The number of carbonyl (C=O) groups is 1. The number of nitrogens with zero attached hydrogens (tertiary/aromatic N) is 7. The Morgan fingerprint density at radius 2 is 2.00 bits per heavy atom. The molecule has 0 aliphatic carbocycles. The molecule has 0 fully saturated rings. The Labute approximate surface area is 170 Å². The van der Waals surface area contributed by atoms with Gasteiger partial charge in [0.1, 0.15) is 6.54 Å². The second-order valence-electron chi connectivity index (χ2n) is 7.46. The summed E-state index contributed by atoms with van der Waals surface area (Å²) in [5.41, 5.74) is 2.26. The first-order chi connectivity index (χ1) is 14.4. The van der Waals surface area contributed by atoms with Crippen LogP contribution in [0.25, 0.3) is 22.2 Å². The van der Waals surface area contributed by atoms with Crippen LogP contribution in [0.1, 0.15) is 11.3 Å². The lowest BCUT2D eigenvalue weighted by Gasteiger charge is -2.28. The molecule has 0 atom stereocenters. The van der Waals surface area contributed by atoms with Crippen LogP contribution in [0.2, 0.25) is 0 Å². The summed E-state index contributed by atoms with van der Waals surface area (Å²) in [4.78, 5) is 52.5. The van der Waals surface area contributed by atoms with E-state index in [2.05, 4.69) is 15.0 Å². The fourth-order valence-electron chi connectivity index (χ4n) is 3.94. The van der Waals surface area contributed by atoms with Gasteiger partial charge in [-0.2, -0.15) is 0 Å². The van der Waals surface area contributed by atoms with Crippen LogP contribution >= 0.6 is 0 Å². The van der Waals surface area contributed by atoms with Gasteiger partial charge in [0.2, 0.25) is 5.91 Å². The quantitative estimate of drug-likeness (QED) is 0.463. The van der Waals surface area contributed by atoms with Crippen molar-refractivity contribution in [1.29, 1.82) is 0 Å². The van der Waals surface area contributed by atoms with Crippen molar-refractivity contribution in [2.45, 2.75) is 19.5 Å². The first-order valence-corrected chi connectivity index (χ1v) is 9.56. The molecule has 10 nitrogen and oxygen atoms in total. The molecule has 1 aliphatic heterocycles. The molecule has 0 spiro atoms. The Kier molecular flexibility index (Phi) is 4.02. The molecule has 4 aromatic heterocycles. The molecule has 152 valence electrons. The lowest BCUT2D eigenvalue weighted by Crippen LogP contribution is -2.40. The third-order valence-electron chi connectivity index (χ3n) is 5.61. The molecule has 1 amide bonds. The molecule has 30 heavy (non-hydrogen) atoms. The van der Waals surface area contributed by atoms with E-state index in [0.717, 1.165) is 21.2 Å². The molecule has 0 N–H and O–H groups in total. The molecule has 0 bridgehead atoms. The van der Waals surface area contributed by atoms with E-state index in [-0.39, 0.29) is 23.6 Å². The standard InChI is InChI=1S/C20H19N7O3/c1-24-18-16(19(29)25(2)20(24)30)27(11-22-18)10-15(28)26-7-5-14-13(9-26)8-12-4-3-6-21-17(12)23-14/h3-4,6,8,11H,5,7,9-10H2,1-2H3. The van der Waals surface area contributed by atoms with E-state index in [1.165, 1.54) is 22.5 Å². The summed E-state index contributed by atoms with van der Waals surface area (Å²) >= 11 is 0. The minimum atomic E-state index is -0.467. The highest BCUT2D eigenvalue weighted by Crippen LogP contribution is 2.22. The van der Waals surface area contributed by atoms with Crippen LogP contribution in [-0.4, -0.2) is 46.0 Å². The van der Waals surface area contributed by atoms with Crippen LogP contribution in [0.15, 0.2) is 40.3 Å². The summed E-state index contributed by atoms with van der Waals surface area (Å²) in [6, 6.07) is 5.84. The summed E-state index contributed by atoms with van der Waals surface area (Å²) in [5, 5.41) is 0.940. The van der Waals surface area contributed by atoms with Crippen molar-refractivity contribution in [3.05, 3.63) is 62.8 Å². The number of hydrogen-bond acceptors (Lipinski definition) is 6. The number of rotatable bonds is 2. The largest absolute Gasteiger partial charge is 0.336 e. The fourth-order valence-corrected chi connectivity index (χ4v) is 3.94. The van der Waals surface area contributed by atoms with E-state index in [4.69, 9.17) is 0 Å². The van der Waals surface area contributed by atoms with Crippen LogP contribution in [0.4, 0.5) is 0 Å². The number of hydrogen-bond donors (Lipinski definition) is 0. The summed E-state index contributed by atoms with van der Waals surface area (Å²) < 4.78 is 3.84. The third kappa shape index (κ3) is 2.71. The van der Waals surface area contributed by atoms with E-state index in [1.54, 1.807) is 18.1 Å². The smallest absolute Gasteiger partial charge is 0.332 e. The monoisotopic (exact) mass is 405 g/mol. The van der Waals surface area contributed by atoms with E-state index in [0.29, 0.717) is 25.2 Å². The molecule has 5 heterocycles. The predicted molar refractivity (Wildman–Crippen MR) is 109 cm³/mol. The zero-order valence-corrected chi connectivity index (χ0v) is 16.6. The number of carbonyl (C=O) groups excluding carboxylic acids is 1. The summed E-state index contributed by atoms with van der Waals surface area (Å²) in [5.74, 6) is -0.123. The Morgan fingerprint density at radius 3 is 2.83 bits per heavy atom. The molecular weight excluding hydrogens is 386 g/mol. The van der Waals surface area contributed by atoms with Gasteiger partial charge in [-0.3, -0.25) is 18.7 Å². The molecule has 10 heteroatoms. The highest BCUT2D eigenvalue weighted by Gasteiger charge is 2.24. The Morgan fingerprint density at radius 1 is 1.17 bits per heavy atom. The van der Waals surface area contributed by atoms with Gasteiger partial charge in [0, 0.05) is 50.9 Å². The predicted octanol–water partition coefficient (Wildman–Crippen LogP) is -0.0382. The number of aromatic nitrogens is 6. The molecule has 0 unspecified atom stereocenters. The van der Waals surface area contributed by atoms with Crippen LogP contribution in [0, 0.1) is 0 Å².